The van der Waals surface area contributed by atoms with Crippen LogP contribution < -0.4 is 10.2 Å². The Labute approximate surface area is 145 Å². The van der Waals surface area contributed by atoms with Crippen LogP contribution in [-0.4, -0.2) is 40.4 Å². The van der Waals surface area contributed by atoms with Crippen molar-refractivity contribution in [3.05, 3.63) is 58.5 Å². The third-order valence-corrected chi connectivity index (χ3v) is 4.38. The van der Waals surface area contributed by atoms with Crippen LogP contribution in [0.5, 0.6) is 0 Å². The van der Waals surface area contributed by atoms with Crippen molar-refractivity contribution in [3.8, 4) is 0 Å². The molecule has 1 aromatic heterocycles. The fraction of sp³-hybridized carbons (Fsp3) is 0.353. The van der Waals surface area contributed by atoms with E-state index in [9.17, 15) is 14.9 Å². The standard InChI is InChI=1S/C17H19N5O3/c23-17(14-1-3-15(4-2-14)22(24)25)20-11-13-5-9-21(10-6-13)16-12-18-7-8-19-16/h1-4,7-8,12-13H,5-6,9-11H2,(H,20,23). The van der Waals surface area contributed by atoms with Crippen molar-refractivity contribution in [2.75, 3.05) is 24.5 Å². The molecule has 1 aromatic carbocycles. The van der Waals surface area contributed by atoms with Crippen LogP contribution in [0, 0.1) is 16.0 Å². The number of carbonyl (C=O) groups excluding carboxylic acids is 1. The van der Waals surface area contributed by atoms with Crippen LogP contribution in [-0.2, 0) is 0 Å². The first-order valence-electron chi connectivity index (χ1n) is 8.17. The molecule has 0 unspecified atom stereocenters. The number of hydrogen-bond donors (Lipinski definition) is 1. The van der Waals surface area contributed by atoms with E-state index in [1.54, 1.807) is 18.6 Å². The highest BCUT2D eigenvalue weighted by molar-refractivity contribution is 5.94. The monoisotopic (exact) mass is 341 g/mol. The van der Waals surface area contributed by atoms with Gasteiger partial charge in [0, 0.05) is 49.7 Å². The van der Waals surface area contributed by atoms with Crippen LogP contribution >= 0.6 is 0 Å². The van der Waals surface area contributed by atoms with Gasteiger partial charge in [-0.05, 0) is 30.9 Å². The number of nitrogens with one attached hydrogen (secondary N) is 1. The molecule has 1 fully saturated rings. The van der Waals surface area contributed by atoms with E-state index in [4.69, 9.17) is 0 Å². The first kappa shape index (κ1) is 16.8. The number of anilines is 1. The average Bonchev–Trinajstić information content (AvgIpc) is 2.67. The molecule has 2 heterocycles. The Balaban J connectivity index is 1.46. The molecule has 0 spiro atoms. The lowest BCUT2D eigenvalue weighted by Crippen LogP contribution is -2.39. The molecule has 0 atom stereocenters. The molecule has 2 aromatic rings. The number of carbonyl (C=O) groups is 1. The van der Waals surface area contributed by atoms with Crippen LogP contribution in [0.2, 0.25) is 0 Å². The van der Waals surface area contributed by atoms with E-state index in [1.807, 2.05) is 0 Å². The fourth-order valence-electron chi connectivity index (χ4n) is 2.89. The maximum Gasteiger partial charge on any atom is 0.269 e. The highest BCUT2D eigenvalue weighted by Gasteiger charge is 2.21. The fourth-order valence-corrected chi connectivity index (χ4v) is 2.89. The van der Waals surface area contributed by atoms with Gasteiger partial charge in [0.2, 0.25) is 0 Å². The second kappa shape index (κ2) is 7.69. The lowest BCUT2D eigenvalue weighted by atomic mass is 9.96. The van der Waals surface area contributed by atoms with Crippen molar-refractivity contribution in [3.63, 3.8) is 0 Å². The lowest BCUT2D eigenvalue weighted by Gasteiger charge is -2.32. The van der Waals surface area contributed by atoms with Gasteiger partial charge < -0.3 is 10.2 Å². The third-order valence-electron chi connectivity index (χ3n) is 4.38. The Hall–Kier alpha value is -3.03. The molecule has 0 aliphatic carbocycles. The van der Waals surface area contributed by atoms with Gasteiger partial charge in [0.15, 0.2) is 0 Å². The molecular formula is C17H19N5O3. The predicted molar refractivity (Wildman–Crippen MR) is 92.4 cm³/mol. The highest BCUT2D eigenvalue weighted by Crippen LogP contribution is 2.20. The maximum absolute atomic E-state index is 12.1. The van der Waals surface area contributed by atoms with E-state index < -0.39 is 4.92 Å². The number of rotatable bonds is 5. The third kappa shape index (κ3) is 4.28. The number of nitro groups is 1. The Bertz CT molecular complexity index is 728. The van der Waals surface area contributed by atoms with Crippen LogP contribution in [0.3, 0.4) is 0 Å². The summed E-state index contributed by atoms with van der Waals surface area (Å²) in [6.45, 7) is 2.37. The second-order valence-corrected chi connectivity index (χ2v) is 6.01. The van der Waals surface area contributed by atoms with Crippen molar-refractivity contribution >= 4 is 17.4 Å². The summed E-state index contributed by atoms with van der Waals surface area (Å²) < 4.78 is 0. The summed E-state index contributed by atoms with van der Waals surface area (Å²) >= 11 is 0. The molecule has 130 valence electrons. The molecule has 0 radical (unpaired) electrons. The molecule has 0 saturated carbocycles. The van der Waals surface area contributed by atoms with E-state index in [-0.39, 0.29) is 11.6 Å². The zero-order valence-electron chi connectivity index (χ0n) is 13.7. The number of amides is 1. The van der Waals surface area contributed by atoms with Crippen LogP contribution in [0.4, 0.5) is 11.5 Å². The van der Waals surface area contributed by atoms with Crippen LogP contribution in [0.1, 0.15) is 23.2 Å². The van der Waals surface area contributed by atoms with Crippen molar-refractivity contribution in [1.29, 1.82) is 0 Å². The van der Waals surface area contributed by atoms with Crippen molar-refractivity contribution in [1.82, 2.24) is 15.3 Å². The average molecular weight is 341 g/mol. The van der Waals surface area contributed by atoms with Gasteiger partial charge in [0.1, 0.15) is 5.82 Å². The summed E-state index contributed by atoms with van der Waals surface area (Å²) in [5, 5.41) is 13.6. The van der Waals surface area contributed by atoms with Gasteiger partial charge in [-0.1, -0.05) is 0 Å². The minimum atomic E-state index is -0.480. The Morgan fingerprint density at radius 3 is 2.56 bits per heavy atom. The molecule has 1 saturated heterocycles. The van der Waals surface area contributed by atoms with E-state index in [2.05, 4.69) is 20.2 Å². The van der Waals surface area contributed by atoms with E-state index in [0.717, 1.165) is 31.7 Å². The number of piperidine rings is 1. The summed E-state index contributed by atoms with van der Waals surface area (Å²) in [5.41, 5.74) is 0.413. The topological polar surface area (TPSA) is 101 Å². The second-order valence-electron chi connectivity index (χ2n) is 6.01. The van der Waals surface area contributed by atoms with Gasteiger partial charge in [-0.15, -0.1) is 0 Å². The van der Waals surface area contributed by atoms with Gasteiger partial charge in [-0.2, -0.15) is 0 Å². The molecule has 1 N–H and O–H groups in total. The molecular weight excluding hydrogens is 322 g/mol. The summed E-state index contributed by atoms with van der Waals surface area (Å²) in [7, 11) is 0. The lowest BCUT2D eigenvalue weighted by molar-refractivity contribution is -0.384. The number of benzene rings is 1. The molecule has 1 aliphatic heterocycles. The van der Waals surface area contributed by atoms with Gasteiger partial charge >= 0.3 is 0 Å². The quantitative estimate of drug-likeness (QED) is 0.659. The number of aromatic nitrogens is 2. The number of non-ortho nitro benzene ring substituents is 1. The van der Waals surface area contributed by atoms with Crippen molar-refractivity contribution in [2.24, 2.45) is 5.92 Å². The molecule has 8 heteroatoms. The minimum Gasteiger partial charge on any atom is -0.355 e. The summed E-state index contributed by atoms with van der Waals surface area (Å²) in [6, 6.07) is 5.64. The molecule has 25 heavy (non-hydrogen) atoms. The summed E-state index contributed by atoms with van der Waals surface area (Å²) in [6.07, 6.45) is 7.04. The first-order valence-corrected chi connectivity index (χ1v) is 8.17. The minimum absolute atomic E-state index is 0.0204. The van der Waals surface area contributed by atoms with Crippen molar-refractivity contribution < 1.29 is 9.72 Å². The number of hydrogen-bond acceptors (Lipinski definition) is 6. The maximum atomic E-state index is 12.1. The molecule has 0 bridgehead atoms. The van der Waals surface area contributed by atoms with Gasteiger partial charge in [-0.3, -0.25) is 19.9 Å². The van der Waals surface area contributed by atoms with E-state index >= 15 is 0 Å². The van der Waals surface area contributed by atoms with Crippen LogP contribution in [0.25, 0.3) is 0 Å². The van der Waals surface area contributed by atoms with Gasteiger partial charge in [0.25, 0.3) is 11.6 Å². The Kier molecular flexibility index (Phi) is 5.17. The van der Waals surface area contributed by atoms with Crippen LogP contribution in [0.15, 0.2) is 42.9 Å². The smallest absolute Gasteiger partial charge is 0.269 e. The Morgan fingerprint density at radius 2 is 1.96 bits per heavy atom. The first-order chi connectivity index (χ1) is 12.1. The molecule has 1 aliphatic rings. The molecule has 8 nitrogen and oxygen atoms in total. The highest BCUT2D eigenvalue weighted by atomic mass is 16.6. The number of nitro benzene ring substituents is 1. The Morgan fingerprint density at radius 1 is 1.24 bits per heavy atom. The van der Waals surface area contributed by atoms with E-state index in [0.29, 0.717) is 18.0 Å². The zero-order valence-corrected chi connectivity index (χ0v) is 13.7. The van der Waals surface area contributed by atoms with Gasteiger partial charge in [0.05, 0.1) is 11.1 Å². The predicted octanol–water partition coefficient (Wildman–Crippen LogP) is 2.03. The SMILES string of the molecule is O=C(NCC1CCN(c2cnccn2)CC1)c1ccc([N+](=O)[O-])cc1. The van der Waals surface area contributed by atoms with Crippen molar-refractivity contribution in [2.45, 2.75) is 12.8 Å². The summed E-state index contributed by atoms with van der Waals surface area (Å²) in [4.78, 5) is 32.9. The molecule has 1 amide bonds. The van der Waals surface area contributed by atoms with Gasteiger partial charge in [-0.25, -0.2) is 4.98 Å². The summed E-state index contributed by atoms with van der Waals surface area (Å²) in [5.74, 6) is 1.09. The molecule has 3 rings (SSSR count). The number of nitrogens with zero attached hydrogens (tertiary/aromatic N) is 4. The normalized spacial score (nSPS) is 15.0. The van der Waals surface area contributed by atoms with E-state index in [1.165, 1.54) is 24.3 Å². The largest absolute Gasteiger partial charge is 0.355 e. The zero-order chi connectivity index (χ0) is 17.6.